The molecule has 1 aliphatic rings. The summed E-state index contributed by atoms with van der Waals surface area (Å²) in [6, 6.07) is 7.86. The maximum atomic E-state index is 12.7. The van der Waals surface area contributed by atoms with Crippen LogP contribution in [0.2, 0.25) is 0 Å². The minimum absolute atomic E-state index is 0.0398. The maximum absolute atomic E-state index is 12.7. The van der Waals surface area contributed by atoms with Crippen molar-refractivity contribution < 1.29 is 9.53 Å². The normalized spacial score (nSPS) is 14.3. The molecule has 0 saturated carbocycles. The van der Waals surface area contributed by atoms with E-state index < -0.39 is 11.2 Å². The Morgan fingerprint density at radius 3 is 2.60 bits per heavy atom. The molecule has 1 amide bonds. The van der Waals surface area contributed by atoms with E-state index in [1.807, 2.05) is 29.2 Å². The van der Waals surface area contributed by atoms with Gasteiger partial charge < -0.3 is 19.5 Å². The molecule has 2 aromatic heterocycles. The van der Waals surface area contributed by atoms with Crippen LogP contribution in [-0.2, 0) is 18.3 Å². The Labute approximate surface area is 172 Å². The van der Waals surface area contributed by atoms with E-state index in [0.29, 0.717) is 25.3 Å². The summed E-state index contributed by atoms with van der Waals surface area (Å²) in [4.78, 5) is 49.8. The number of H-pyrrole nitrogens is 2. The Hall–Kier alpha value is -3.56. The van der Waals surface area contributed by atoms with E-state index in [2.05, 4.69) is 19.9 Å². The molecule has 4 rings (SSSR count). The molecule has 1 fully saturated rings. The van der Waals surface area contributed by atoms with Gasteiger partial charge in [-0.3, -0.25) is 19.1 Å². The number of rotatable bonds is 5. The first-order chi connectivity index (χ1) is 14.5. The van der Waals surface area contributed by atoms with Crippen molar-refractivity contribution in [2.24, 2.45) is 7.05 Å². The summed E-state index contributed by atoms with van der Waals surface area (Å²) in [5.41, 5.74) is 0.534. The molecule has 158 valence electrons. The number of anilines is 1. The molecule has 0 radical (unpaired) electrons. The second kappa shape index (κ2) is 8.05. The zero-order valence-electron chi connectivity index (χ0n) is 17.0. The molecular weight excluding hydrogens is 388 g/mol. The smallest absolute Gasteiger partial charge is 0.329 e. The molecule has 3 heterocycles. The van der Waals surface area contributed by atoms with Crippen LogP contribution < -0.4 is 20.9 Å². The minimum Gasteiger partial charge on any atom is -0.495 e. The lowest BCUT2D eigenvalue weighted by atomic mass is 10.2. The lowest BCUT2D eigenvalue weighted by Crippen LogP contribution is -2.49. The van der Waals surface area contributed by atoms with Crippen molar-refractivity contribution in [3.05, 3.63) is 50.9 Å². The molecule has 1 aliphatic heterocycles. The third-order valence-corrected chi connectivity index (χ3v) is 5.44. The molecule has 0 spiro atoms. The van der Waals surface area contributed by atoms with Crippen molar-refractivity contribution in [2.75, 3.05) is 38.2 Å². The van der Waals surface area contributed by atoms with Crippen LogP contribution in [0.5, 0.6) is 5.75 Å². The fourth-order valence-corrected chi connectivity index (χ4v) is 3.74. The fraction of sp³-hybridized carbons (Fsp3) is 0.400. The highest BCUT2D eigenvalue weighted by Gasteiger charge is 2.23. The van der Waals surface area contributed by atoms with Gasteiger partial charge >= 0.3 is 5.69 Å². The number of aromatic nitrogens is 4. The number of benzene rings is 1. The van der Waals surface area contributed by atoms with Crippen LogP contribution >= 0.6 is 0 Å². The number of carbonyl (C=O) groups is 1. The average Bonchev–Trinajstić information content (AvgIpc) is 3.21. The van der Waals surface area contributed by atoms with E-state index >= 15 is 0 Å². The Morgan fingerprint density at radius 2 is 1.87 bits per heavy atom. The van der Waals surface area contributed by atoms with Gasteiger partial charge in [-0.05, 0) is 12.1 Å². The monoisotopic (exact) mass is 412 g/mol. The Balaban J connectivity index is 1.37. The number of ether oxygens (including phenoxy) is 1. The third-order valence-electron chi connectivity index (χ3n) is 5.44. The van der Waals surface area contributed by atoms with Crippen LogP contribution in [0, 0.1) is 0 Å². The topological polar surface area (TPSA) is 116 Å². The van der Waals surface area contributed by atoms with Crippen LogP contribution in [0.15, 0.2) is 33.9 Å². The first kappa shape index (κ1) is 19.7. The molecule has 30 heavy (non-hydrogen) atoms. The summed E-state index contributed by atoms with van der Waals surface area (Å²) in [7, 11) is 3.19. The molecule has 1 saturated heterocycles. The van der Waals surface area contributed by atoms with Gasteiger partial charge in [-0.2, -0.15) is 0 Å². The number of imidazole rings is 1. The Bertz CT molecular complexity index is 1190. The van der Waals surface area contributed by atoms with Gasteiger partial charge in [0.15, 0.2) is 5.65 Å². The highest BCUT2D eigenvalue weighted by atomic mass is 16.5. The van der Waals surface area contributed by atoms with E-state index in [4.69, 9.17) is 4.74 Å². The number of carbonyl (C=O) groups excluding carboxylic acids is 1. The van der Waals surface area contributed by atoms with Crippen molar-refractivity contribution in [2.45, 2.75) is 12.8 Å². The van der Waals surface area contributed by atoms with Crippen LogP contribution in [0.3, 0.4) is 0 Å². The highest BCUT2D eigenvalue weighted by molar-refractivity contribution is 5.77. The standard InChI is InChI=1S/C20H24N6O4/c1-24-18-17(19(28)23-20(24)29)21-15(22-18)7-8-16(27)26-11-9-25(10-12-26)13-5-3-4-6-14(13)30-2/h3-6H,7-12H2,1-2H3,(H,21,22)(H,23,28,29). The SMILES string of the molecule is COc1ccccc1N1CCN(C(=O)CCc2nc3c([nH]2)c(=O)[nH]c(=O)n3C)CC1. The molecule has 2 N–H and O–H groups in total. The first-order valence-electron chi connectivity index (χ1n) is 9.81. The number of aromatic amines is 2. The van der Waals surface area contributed by atoms with Crippen molar-refractivity contribution in [1.82, 2.24) is 24.4 Å². The van der Waals surface area contributed by atoms with Gasteiger partial charge in [-0.15, -0.1) is 0 Å². The zero-order valence-corrected chi connectivity index (χ0v) is 17.0. The summed E-state index contributed by atoms with van der Waals surface area (Å²) in [5.74, 6) is 1.38. The number of methoxy groups -OCH3 is 1. The predicted molar refractivity (Wildman–Crippen MR) is 112 cm³/mol. The lowest BCUT2D eigenvalue weighted by molar-refractivity contribution is -0.131. The predicted octanol–water partition coefficient (Wildman–Crippen LogP) is 0.240. The number of hydrogen-bond donors (Lipinski definition) is 2. The number of fused-ring (bicyclic) bond motifs is 1. The van der Waals surface area contributed by atoms with Gasteiger partial charge in [-0.1, -0.05) is 12.1 Å². The molecule has 1 aromatic carbocycles. The van der Waals surface area contributed by atoms with Crippen LogP contribution in [0.1, 0.15) is 12.2 Å². The maximum Gasteiger partial charge on any atom is 0.329 e. The number of para-hydroxylation sites is 2. The van der Waals surface area contributed by atoms with Crippen LogP contribution in [0.25, 0.3) is 11.2 Å². The largest absolute Gasteiger partial charge is 0.495 e. The first-order valence-corrected chi connectivity index (χ1v) is 9.81. The summed E-state index contributed by atoms with van der Waals surface area (Å²) in [6.07, 6.45) is 0.647. The molecule has 0 aliphatic carbocycles. The van der Waals surface area contributed by atoms with Gasteiger partial charge in [0, 0.05) is 46.1 Å². The second-order valence-electron chi connectivity index (χ2n) is 7.24. The van der Waals surface area contributed by atoms with E-state index in [1.54, 1.807) is 7.11 Å². The van der Waals surface area contributed by atoms with Crippen LogP contribution in [-0.4, -0.2) is 63.6 Å². The molecular formula is C20H24N6O4. The highest BCUT2D eigenvalue weighted by Crippen LogP contribution is 2.28. The van der Waals surface area contributed by atoms with Gasteiger partial charge in [0.25, 0.3) is 5.56 Å². The number of hydrogen-bond acceptors (Lipinski definition) is 6. The second-order valence-corrected chi connectivity index (χ2v) is 7.24. The van der Waals surface area contributed by atoms with Crippen molar-refractivity contribution >= 4 is 22.8 Å². The zero-order chi connectivity index (χ0) is 21.3. The van der Waals surface area contributed by atoms with E-state index in [1.165, 1.54) is 11.6 Å². The number of nitrogens with one attached hydrogen (secondary N) is 2. The molecule has 10 nitrogen and oxygen atoms in total. The summed E-state index contributed by atoms with van der Waals surface area (Å²) in [6.45, 7) is 2.72. The fourth-order valence-electron chi connectivity index (χ4n) is 3.74. The van der Waals surface area contributed by atoms with Gasteiger partial charge in [-0.25, -0.2) is 9.78 Å². The van der Waals surface area contributed by atoms with E-state index in [-0.39, 0.29) is 23.5 Å². The number of piperazine rings is 1. The summed E-state index contributed by atoms with van der Waals surface area (Å²) >= 11 is 0. The van der Waals surface area contributed by atoms with Gasteiger partial charge in [0.05, 0.1) is 12.8 Å². The molecule has 10 heteroatoms. The van der Waals surface area contributed by atoms with Crippen molar-refractivity contribution in [3.8, 4) is 5.75 Å². The quantitative estimate of drug-likeness (QED) is 0.620. The average molecular weight is 412 g/mol. The van der Waals surface area contributed by atoms with Crippen molar-refractivity contribution in [3.63, 3.8) is 0 Å². The summed E-state index contributed by atoms with van der Waals surface area (Å²) in [5, 5.41) is 0. The van der Waals surface area contributed by atoms with Crippen LogP contribution in [0.4, 0.5) is 5.69 Å². The van der Waals surface area contributed by atoms with Gasteiger partial charge in [0.1, 0.15) is 17.1 Å². The Kier molecular flexibility index (Phi) is 5.30. The number of nitrogens with zero attached hydrogens (tertiary/aromatic N) is 4. The molecule has 0 bridgehead atoms. The minimum atomic E-state index is -0.519. The van der Waals surface area contributed by atoms with Gasteiger partial charge in [0.2, 0.25) is 5.91 Å². The number of amides is 1. The molecule has 3 aromatic rings. The summed E-state index contributed by atoms with van der Waals surface area (Å²) < 4.78 is 6.70. The lowest BCUT2D eigenvalue weighted by Gasteiger charge is -2.36. The van der Waals surface area contributed by atoms with E-state index in [9.17, 15) is 14.4 Å². The third kappa shape index (κ3) is 3.68. The Morgan fingerprint density at radius 1 is 1.13 bits per heavy atom. The molecule has 0 atom stereocenters. The molecule has 0 unspecified atom stereocenters. The van der Waals surface area contributed by atoms with Crippen molar-refractivity contribution in [1.29, 1.82) is 0 Å². The van der Waals surface area contributed by atoms with E-state index in [0.717, 1.165) is 24.5 Å². The number of aryl methyl sites for hydroxylation is 2.